The van der Waals surface area contributed by atoms with Gasteiger partial charge < -0.3 is 15.7 Å². The lowest BCUT2D eigenvalue weighted by molar-refractivity contribution is -0.139. The van der Waals surface area contributed by atoms with Crippen molar-refractivity contribution in [3.8, 4) is 0 Å². The van der Waals surface area contributed by atoms with E-state index < -0.39 is 18.0 Å². The molecule has 0 aromatic carbocycles. The molecule has 1 aromatic heterocycles. The summed E-state index contributed by atoms with van der Waals surface area (Å²) >= 11 is 3.29. The molecule has 3 N–H and O–H groups in total. The molecule has 1 heterocycles. The molecule has 2 rings (SSSR count). The maximum Gasteiger partial charge on any atom is 0.326 e. The molecule has 0 bridgehead atoms. The Labute approximate surface area is 132 Å². The Morgan fingerprint density at radius 1 is 1.57 bits per heavy atom. The molecule has 21 heavy (non-hydrogen) atoms. The first-order valence-electron chi connectivity index (χ1n) is 6.97. The minimum atomic E-state index is -0.987. The molecular weight excluding hydrogens is 308 g/mol. The van der Waals surface area contributed by atoms with Gasteiger partial charge in [-0.3, -0.25) is 0 Å². The topological polar surface area (TPSA) is 78.4 Å². The Kier molecular flexibility index (Phi) is 5.93. The number of thioether (sulfide) groups is 1. The van der Waals surface area contributed by atoms with Crippen molar-refractivity contribution in [2.75, 3.05) is 12.0 Å². The number of thiophene rings is 1. The second kappa shape index (κ2) is 7.70. The van der Waals surface area contributed by atoms with Crippen molar-refractivity contribution in [3.05, 3.63) is 21.9 Å². The highest BCUT2D eigenvalue weighted by Crippen LogP contribution is 2.33. The Morgan fingerprint density at radius 2 is 2.38 bits per heavy atom. The summed E-state index contributed by atoms with van der Waals surface area (Å²) in [7, 11) is 0. The molecule has 0 spiro atoms. The summed E-state index contributed by atoms with van der Waals surface area (Å²) < 4.78 is 0. The quantitative estimate of drug-likeness (QED) is 0.750. The van der Waals surface area contributed by atoms with Crippen LogP contribution < -0.4 is 10.6 Å². The van der Waals surface area contributed by atoms with E-state index in [9.17, 15) is 9.59 Å². The van der Waals surface area contributed by atoms with Crippen LogP contribution in [0.5, 0.6) is 0 Å². The van der Waals surface area contributed by atoms with Gasteiger partial charge in [0.1, 0.15) is 6.04 Å². The van der Waals surface area contributed by atoms with Crippen LogP contribution in [-0.4, -0.2) is 35.2 Å². The standard InChI is InChI=1S/C14H20N2O3S2/c1-20-7-6-11(13(17)18)16-14(19)15-10-3-2-4-12-9(10)5-8-21-12/h5,8,10-11H,2-4,6-7H2,1H3,(H,17,18)(H2,15,16,19). The molecule has 1 aliphatic rings. The molecule has 0 saturated heterocycles. The number of hydrogen-bond acceptors (Lipinski definition) is 4. The minimum absolute atomic E-state index is 0.00463. The number of urea groups is 1. The van der Waals surface area contributed by atoms with Crippen molar-refractivity contribution in [2.45, 2.75) is 37.8 Å². The average molecular weight is 328 g/mol. The summed E-state index contributed by atoms with van der Waals surface area (Å²) in [6.45, 7) is 0. The van der Waals surface area contributed by atoms with Crippen molar-refractivity contribution >= 4 is 35.1 Å². The van der Waals surface area contributed by atoms with Gasteiger partial charge in [0.2, 0.25) is 0 Å². The third-order valence-corrected chi connectivity index (χ3v) is 5.21. The highest BCUT2D eigenvalue weighted by molar-refractivity contribution is 7.98. The first kappa shape index (κ1) is 16.2. The smallest absolute Gasteiger partial charge is 0.326 e. The molecular formula is C14H20N2O3S2. The van der Waals surface area contributed by atoms with E-state index in [2.05, 4.69) is 10.6 Å². The van der Waals surface area contributed by atoms with Gasteiger partial charge in [0.05, 0.1) is 6.04 Å². The largest absolute Gasteiger partial charge is 0.480 e. The molecule has 1 aliphatic carbocycles. The zero-order chi connectivity index (χ0) is 15.2. The van der Waals surface area contributed by atoms with Crippen LogP contribution in [0.3, 0.4) is 0 Å². The molecule has 0 saturated carbocycles. The minimum Gasteiger partial charge on any atom is -0.480 e. The van der Waals surface area contributed by atoms with Crippen molar-refractivity contribution < 1.29 is 14.7 Å². The number of rotatable bonds is 6. The lowest BCUT2D eigenvalue weighted by Gasteiger charge is -2.24. The van der Waals surface area contributed by atoms with Gasteiger partial charge in [-0.1, -0.05) is 0 Å². The van der Waals surface area contributed by atoms with Gasteiger partial charge in [0.15, 0.2) is 0 Å². The molecule has 1 aromatic rings. The number of carbonyl (C=O) groups excluding carboxylic acids is 1. The van der Waals surface area contributed by atoms with Crippen LogP contribution in [0.25, 0.3) is 0 Å². The highest BCUT2D eigenvalue weighted by atomic mass is 32.2. The van der Waals surface area contributed by atoms with Gasteiger partial charge in [-0.05, 0) is 54.7 Å². The molecule has 2 amide bonds. The number of hydrogen-bond donors (Lipinski definition) is 3. The lowest BCUT2D eigenvalue weighted by Crippen LogP contribution is -2.47. The van der Waals surface area contributed by atoms with E-state index in [4.69, 9.17) is 5.11 Å². The summed E-state index contributed by atoms with van der Waals surface area (Å²) in [5.41, 5.74) is 1.18. The summed E-state index contributed by atoms with van der Waals surface area (Å²) in [6.07, 6.45) is 5.36. The molecule has 7 heteroatoms. The normalized spacial score (nSPS) is 18.6. The van der Waals surface area contributed by atoms with Crippen LogP contribution in [0.15, 0.2) is 11.4 Å². The summed E-state index contributed by atoms with van der Waals surface area (Å²) in [4.78, 5) is 24.5. The molecule has 0 fully saturated rings. The molecule has 2 unspecified atom stereocenters. The predicted molar refractivity (Wildman–Crippen MR) is 86.1 cm³/mol. The zero-order valence-electron chi connectivity index (χ0n) is 11.9. The third kappa shape index (κ3) is 4.38. The molecule has 0 radical (unpaired) electrons. The molecule has 2 atom stereocenters. The van der Waals surface area contributed by atoms with Gasteiger partial charge in [-0.25, -0.2) is 9.59 Å². The first-order chi connectivity index (χ1) is 10.1. The zero-order valence-corrected chi connectivity index (χ0v) is 13.6. The van der Waals surface area contributed by atoms with E-state index in [1.54, 1.807) is 23.1 Å². The Morgan fingerprint density at radius 3 is 3.10 bits per heavy atom. The second-order valence-electron chi connectivity index (χ2n) is 5.03. The van der Waals surface area contributed by atoms with Crippen molar-refractivity contribution in [2.24, 2.45) is 0 Å². The average Bonchev–Trinajstić information content (AvgIpc) is 2.92. The van der Waals surface area contributed by atoms with E-state index in [1.807, 2.05) is 17.7 Å². The Bertz CT molecular complexity index is 504. The Hall–Kier alpha value is -1.21. The maximum absolute atomic E-state index is 12.0. The number of carboxylic acids is 1. The van der Waals surface area contributed by atoms with E-state index in [0.29, 0.717) is 12.2 Å². The van der Waals surface area contributed by atoms with E-state index in [1.165, 1.54) is 10.4 Å². The van der Waals surface area contributed by atoms with Crippen molar-refractivity contribution in [3.63, 3.8) is 0 Å². The number of aliphatic carboxylic acids is 1. The number of carboxylic acid groups (broad SMARTS) is 1. The van der Waals surface area contributed by atoms with Crippen LogP contribution in [0, 0.1) is 0 Å². The molecule has 5 nitrogen and oxygen atoms in total. The van der Waals surface area contributed by atoms with Crippen LogP contribution >= 0.6 is 23.1 Å². The van der Waals surface area contributed by atoms with Crippen LogP contribution in [0.1, 0.15) is 35.7 Å². The maximum atomic E-state index is 12.0. The number of nitrogens with one attached hydrogen (secondary N) is 2. The predicted octanol–water partition coefficient (Wildman–Crippen LogP) is 2.63. The Balaban J connectivity index is 1.91. The number of aryl methyl sites for hydroxylation is 1. The van der Waals surface area contributed by atoms with Crippen molar-refractivity contribution in [1.82, 2.24) is 10.6 Å². The molecule has 116 valence electrons. The fraction of sp³-hybridized carbons (Fsp3) is 0.571. The van der Waals surface area contributed by atoms with Gasteiger partial charge in [-0.15, -0.1) is 11.3 Å². The SMILES string of the molecule is CSCCC(NC(=O)NC1CCCc2sccc21)C(=O)O. The first-order valence-corrected chi connectivity index (χ1v) is 9.24. The molecule has 0 aliphatic heterocycles. The van der Waals surface area contributed by atoms with Gasteiger partial charge in [-0.2, -0.15) is 11.8 Å². The van der Waals surface area contributed by atoms with E-state index in [0.717, 1.165) is 19.3 Å². The van der Waals surface area contributed by atoms with Crippen LogP contribution in [0.2, 0.25) is 0 Å². The summed E-state index contributed by atoms with van der Waals surface area (Å²) in [5.74, 6) is -0.283. The lowest BCUT2D eigenvalue weighted by atomic mass is 9.94. The van der Waals surface area contributed by atoms with E-state index >= 15 is 0 Å². The van der Waals surface area contributed by atoms with Gasteiger partial charge in [0.25, 0.3) is 0 Å². The monoisotopic (exact) mass is 328 g/mol. The van der Waals surface area contributed by atoms with Gasteiger partial charge >= 0.3 is 12.0 Å². The van der Waals surface area contributed by atoms with Crippen LogP contribution in [0.4, 0.5) is 4.79 Å². The van der Waals surface area contributed by atoms with Gasteiger partial charge in [0, 0.05) is 4.88 Å². The fourth-order valence-corrected chi connectivity index (χ4v) is 3.95. The van der Waals surface area contributed by atoms with Crippen molar-refractivity contribution in [1.29, 1.82) is 0 Å². The highest BCUT2D eigenvalue weighted by Gasteiger charge is 2.25. The fourth-order valence-electron chi connectivity index (χ4n) is 2.49. The summed E-state index contributed by atoms with van der Waals surface area (Å²) in [6, 6.07) is 0.817. The second-order valence-corrected chi connectivity index (χ2v) is 7.02. The number of carbonyl (C=O) groups is 2. The number of fused-ring (bicyclic) bond motifs is 1. The number of amides is 2. The third-order valence-electron chi connectivity index (χ3n) is 3.57. The summed E-state index contributed by atoms with van der Waals surface area (Å²) in [5, 5.41) is 16.6. The van der Waals surface area contributed by atoms with Crippen LogP contribution in [-0.2, 0) is 11.2 Å². The van der Waals surface area contributed by atoms with E-state index in [-0.39, 0.29) is 6.04 Å².